The van der Waals surface area contributed by atoms with Crippen LogP contribution in [0.5, 0.6) is 0 Å². The summed E-state index contributed by atoms with van der Waals surface area (Å²) in [4.78, 5) is 39.1. The van der Waals surface area contributed by atoms with Crippen LogP contribution in [-0.2, 0) is 35.5 Å². The van der Waals surface area contributed by atoms with E-state index in [1.807, 2.05) is 31.2 Å². The number of carbonyl (C=O) groups is 2. The fourth-order valence-corrected chi connectivity index (χ4v) is 5.31. The molecular formula is C21H23N3O4S. The van der Waals surface area contributed by atoms with Crippen LogP contribution in [0.1, 0.15) is 40.6 Å². The van der Waals surface area contributed by atoms with Gasteiger partial charge in [0.15, 0.2) is 0 Å². The molecule has 0 atom stereocenters. The Kier molecular flexibility index (Phi) is 5.27. The topological polar surface area (TPSA) is 82.3 Å². The summed E-state index contributed by atoms with van der Waals surface area (Å²) in [6, 6.07) is 7.42. The predicted octanol–water partition coefficient (Wildman–Crippen LogP) is 3.19. The van der Waals surface area contributed by atoms with Gasteiger partial charge in [0.2, 0.25) is 5.91 Å². The van der Waals surface area contributed by atoms with Crippen molar-refractivity contribution in [3.05, 3.63) is 50.8 Å². The molecule has 2 aromatic heterocycles. The summed E-state index contributed by atoms with van der Waals surface area (Å²) >= 11 is 1.44. The van der Waals surface area contributed by atoms with Gasteiger partial charge >= 0.3 is 11.7 Å². The molecule has 29 heavy (non-hydrogen) atoms. The molecule has 7 nitrogen and oxygen atoms in total. The monoisotopic (exact) mass is 413 g/mol. The number of para-hydroxylation sites is 2. The smallest absolute Gasteiger partial charge is 0.341 e. The molecule has 1 amide bonds. The SMILES string of the molecule is CCn1c(=O)n(CC(=O)Nc2sc3c(c2C(=O)OC)CCCC3)c2ccccc21. The molecule has 1 aliphatic rings. The van der Waals surface area contributed by atoms with Crippen molar-refractivity contribution in [3.8, 4) is 0 Å². The molecule has 1 aliphatic carbocycles. The van der Waals surface area contributed by atoms with Gasteiger partial charge in [0.25, 0.3) is 0 Å². The normalized spacial score (nSPS) is 13.3. The van der Waals surface area contributed by atoms with Gasteiger partial charge in [0, 0.05) is 11.4 Å². The summed E-state index contributed by atoms with van der Waals surface area (Å²) in [5, 5.41) is 3.38. The number of methoxy groups -OCH3 is 1. The summed E-state index contributed by atoms with van der Waals surface area (Å²) in [7, 11) is 1.35. The number of thiophene rings is 1. The van der Waals surface area contributed by atoms with Crippen LogP contribution in [0.2, 0.25) is 0 Å². The Labute approximate surface area is 171 Å². The van der Waals surface area contributed by atoms with Crippen molar-refractivity contribution < 1.29 is 14.3 Å². The Morgan fingerprint density at radius 2 is 1.83 bits per heavy atom. The van der Waals surface area contributed by atoms with Crippen molar-refractivity contribution >= 4 is 39.2 Å². The second-order valence-corrected chi connectivity index (χ2v) is 8.16. The van der Waals surface area contributed by atoms with E-state index in [0.29, 0.717) is 22.6 Å². The third kappa shape index (κ3) is 3.37. The summed E-state index contributed by atoms with van der Waals surface area (Å²) in [6.07, 6.45) is 3.82. The highest BCUT2D eigenvalue weighted by molar-refractivity contribution is 7.17. The third-order valence-corrected chi connectivity index (χ3v) is 6.56. The molecule has 8 heteroatoms. The fourth-order valence-electron chi connectivity index (χ4n) is 4.01. The number of aromatic nitrogens is 2. The third-order valence-electron chi connectivity index (χ3n) is 5.36. The first-order chi connectivity index (χ1) is 14.0. The van der Waals surface area contributed by atoms with Crippen LogP contribution in [0.25, 0.3) is 11.0 Å². The molecule has 0 unspecified atom stereocenters. The molecular weight excluding hydrogens is 390 g/mol. The quantitative estimate of drug-likeness (QED) is 0.651. The minimum absolute atomic E-state index is 0.116. The average Bonchev–Trinajstić information content (AvgIpc) is 3.22. The lowest BCUT2D eigenvalue weighted by molar-refractivity contribution is -0.116. The zero-order valence-corrected chi connectivity index (χ0v) is 17.3. The van der Waals surface area contributed by atoms with E-state index in [4.69, 9.17) is 4.74 Å². The number of hydrogen-bond donors (Lipinski definition) is 1. The van der Waals surface area contributed by atoms with Gasteiger partial charge in [-0.2, -0.15) is 0 Å². The molecule has 0 saturated heterocycles. The molecule has 1 N–H and O–H groups in total. The van der Waals surface area contributed by atoms with E-state index >= 15 is 0 Å². The second kappa shape index (κ2) is 7.87. The van der Waals surface area contributed by atoms with E-state index in [1.54, 1.807) is 4.57 Å². The van der Waals surface area contributed by atoms with Crippen molar-refractivity contribution in [2.75, 3.05) is 12.4 Å². The number of nitrogens with zero attached hydrogens (tertiary/aromatic N) is 2. The number of ether oxygens (including phenoxy) is 1. The number of rotatable bonds is 5. The van der Waals surface area contributed by atoms with Crippen LogP contribution in [-0.4, -0.2) is 28.1 Å². The summed E-state index contributed by atoms with van der Waals surface area (Å²) in [5.41, 5.74) is 2.75. The van der Waals surface area contributed by atoms with Crippen LogP contribution in [0.3, 0.4) is 0 Å². The highest BCUT2D eigenvalue weighted by Crippen LogP contribution is 2.38. The number of benzene rings is 1. The lowest BCUT2D eigenvalue weighted by atomic mass is 9.95. The van der Waals surface area contributed by atoms with Crippen molar-refractivity contribution in [2.24, 2.45) is 0 Å². The fraction of sp³-hybridized carbons (Fsp3) is 0.381. The van der Waals surface area contributed by atoms with Gasteiger partial charge in [0.1, 0.15) is 11.5 Å². The maximum absolute atomic E-state index is 12.8. The lowest BCUT2D eigenvalue weighted by Gasteiger charge is -2.11. The minimum Gasteiger partial charge on any atom is -0.465 e. The number of hydrogen-bond acceptors (Lipinski definition) is 5. The maximum atomic E-state index is 12.8. The molecule has 1 aromatic carbocycles. The number of amides is 1. The van der Waals surface area contributed by atoms with Gasteiger partial charge in [-0.15, -0.1) is 11.3 Å². The predicted molar refractivity (Wildman–Crippen MR) is 113 cm³/mol. The number of carbonyl (C=O) groups excluding carboxylic acids is 2. The molecule has 0 fully saturated rings. The number of anilines is 1. The van der Waals surface area contributed by atoms with Crippen molar-refractivity contribution in [2.45, 2.75) is 45.7 Å². The van der Waals surface area contributed by atoms with Gasteiger partial charge in [-0.1, -0.05) is 12.1 Å². The number of imidazole rings is 1. The number of esters is 1. The Morgan fingerprint density at radius 3 is 2.52 bits per heavy atom. The summed E-state index contributed by atoms with van der Waals surface area (Å²) < 4.78 is 8.07. The maximum Gasteiger partial charge on any atom is 0.341 e. The number of aryl methyl sites for hydroxylation is 2. The van der Waals surface area contributed by atoms with Gasteiger partial charge < -0.3 is 10.1 Å². The Morgan fingerprint density at radius 1 is 1.14 bits per heavy atom. The largest absolute Gasteiger partial charge is 0.465 e. The van der Waals surface area contributed by atoms with Crippen molar-refractivity contribution in [1.82, 2.24) is 9.13 Å². The van der Waals surface area contributed by atoms with Crippen LogP contribution < -0.4 is 11.0 Å². The van der Waals surface area contributed by atoms with Gasteiger partial charge in [-0.25, -0.2) is 9.59 Å². The Balaban J connectivity index is 1.66. The van der Waals surface area contributed by atoms with E-state index in [-0.39, 0.29) is 18.1 Å². The highest BCUT2D eigenvalue weighted by atomic mass is 32.1. The van der Waals surface area contributed by atoms with Gasteiger partial charge in [0.05, 0.1) is 23.7 Å². The van der Waals surface area contributed by atoms with Crippen LogP contribution in [0.4, 0.5) is 5.00 Å². The molecule has 0 bridgehead atoms. The van der Waals surface area contributed by atoms with Crippen molar-refractivity contribution in [1.29, 1.82) is 0 Å². The van der Waals surface area contributed by atoms with E-state index in [2.05, 4.69) is 5.32 Å². The van der Waals surface area contributed by atoms with E-state index < -0.39 is 5.97 Å². The van der Waals surface area contributed by atoms with Crippen LogP contribution >= 0.6 is 11.3 Å². The number of fused-ring (bicyclic) bond motifs is 2. The van der Waals surface area contributed by atoms with Crippen molar-refractivity contribution in [3.63, 3.8) is 0 Å². The first kappa shape index (κ1) is 19.4. The first-order valence-corrected chi connectivity index (χ1v) is 10.6. The minimum atomic E-state index is -0.431. The molecule has 152 valence electrons. The highest BCUT2D eigenvalue weighted by Gasteiger charge is 2.27. The van der Waals surface area contributed by atoms with E-state index in [9.17, 15) is 14.4 Å². The van der Waals surface area contributed by atoms with Gasteiger partial charge in [-0.3, -0.25) is 13.9 Å². The van der Waals surface area contributed by atoms with E-state index in [0.717, 1.165) is 41.6 Å². The lowest BCUT2D eigenvalue weighted by Crippen LogP contribution is -2.29. The first-order valence-electron chi connectivity index (χ1n) is 9.75. The Hall–Kier alpha value is -2.87. The van der Waals surface area contributed by atoms with Crippen LogP contribution in [0, 0.1) is 0 Å². The summed E-state index contributed by atoms with van der Waals surface area (Å²) in [5.74, 6) is -0.769. The molecule has 2 heterocycles. The van der Waals surface area contributed by atoms with Crippen LogP contribution in [0.15, 0.2) is 29.1 Å². The number of nitrogens with one attached hydrogen (secondary N) is 1. The average molecular weight is 413 g/mol. The molecule has 0 saturated carbocycles. The van der Waals surface area contributed by atoms with E-state index in [1.165, 1.54) is 23.0 Å². The second-order valence-electron chi connectivity index (χ2n) is 7.06. The molecule has 0 radical (unpaired) electrons. The molecule has 0 aliphatic heterocycles. The van der Waals surface area contributed by atoms with Gasteiger partial charge in [-0.05, 0) is 50.3 Å². The Bertz CT molecular complexity index is 1150. The molecule has 0 spiro atoms. The molecule has 3 aromatic rings. The zero-order chi connectivity index (χ0) is 20.5. The standard InChI is InChI=1S/C21H23N3O4S/c1-3-23-14-9-5-6-10-15(14)24(21(23)27)12-17(25)22-19-18(20(26)28-2)13-8-4-7-11-16(13)29-19/h5-6,9-10H,3-4,7-8,11-12H2,1-2H3,(H,22,25). The molecule has 4 rings (SSSR count). The zero-order valence-electron chi connectivity index (χ0n) is 16.5. The summed E-state index contributed by atoms with van der Waals surface area (Å²) in [6.45, 7) is 2.31.